The Morgan fingerprint density at radius 2 is 2.06 bits per heavy atom. The maximum Gasteiger partial charge on any atom is 0.354 e. The van der Waals surface area contributed by atoms with Gasteiger partial charge in [-0.3, -0.25) is 0 Å². The molecule has 1 unspecified atom stereocenters. The third-order valence-corrected chi connectivity index (χ3v) is 2.79. The van der Waals surface area contributed by atoms with Crippen LogP contribution in [0, 0.1) is 5.92 Å². The summed E-state index contributed by atoms with van der Waals surface area (Å²) in [7, 11) is 1.95. The van der Waals surface area contributed by atoms with Crippen molar-refractivity contribution in [3.63, 3.8) is 0 Å². The van der Waals surface area contributed by atoms with Gasteiger partial charge in [0.05, 0.1) is 0 Å². The Morgan fingerprint density at radius 3 is 2.59 bits per heavy atom. The Labute approximate surface area is 102 Å². The number of carboxylic acids is 1. The van der Waals surface area contributed by atoms with E-state index >= 15 is 0 Å². The second-order valence-electron chi connectivity index (χ2n) is 4.78. The van der Waals surface area contributed by atoms with Crippen molar-refractivity contribution in [2.24, 2.45) is 5.92 Å². The number of rotatable bonds is 5. The lowest BCUT2D eigenvalue weighted by molar-refractivity contribution is 0.0690. The molecular formula is C13H20N2O2. The fourth-order valence-electron chi connectivity index (χ4n) is 1.80. The van der Waals surface area contributed by atoms with E-state index in [0.717, 1.165) is 6.42 Å². The highest BCUT2D eigenvalue weighted by Gasteiger charge is 2.14. The standard InChI is InChI=1S/C13H20N2O2/c1-9(2)8-10(3)15(4)12-7-5-6-11(14-12)13(16)17/h5-7,9-10H,8H2,1-4H3,(H,16,17). The minimum absolute atomic E-state index is 0.0890. The van der Waals surface area contributed by atoms with Crippen LogP contribution in [0.15, 0.2) is 18.2 Å². The first-order chi connectivity index (χ1) is 7.91. The van der Waals surface area contributed by atoms with Crippen molar-refractivity contribution < 1.29 is 9.90 Å². The molecule has 1 heterocycles. The first kappa shape index (κ1) is 13.5. The molecule has 17 heavy (non-hydrogen) atoms. The van der Waals surface area contributed by atoms with Gasteiger partial charge in [0.15, 0.2) is 5.69 Å². The summed E-state index contributed by atoms with van der Waals surface area (Å²) in [5.74, 6) is 0.324. The molecule has 0 radical (unpaired) electrons. The van der Waals surface area contributed by atoms with Crippen LogP contribution in [0.1, 0.15) is 37.7 Å². The normalized spacial score (nSPS) is 12.5. The van der Waals surface area contributed by atoms with Crippen LogP contribution in [0.5, 0.6) is 0 Å². The van der Waals surface area contributed by atoms with Crippen LogP contribution in [-0.4, -0.2) is 29.1 Å². The Kier molecular flexibility index (Phi) is 4.49. The highest BCUT2D eigenvalue weighted by Crippen LogP contribution is 2.17. The highest BCUT2D eigenvalue weighted by atomic mass is 16.4. The number of hydrogen-bond acceptors (Lipinski definition) is 3. The number of carboxylic acid groups (broad SMARTS) is 1. The summed E-state index contributed by atoms with van der Waals surface area (Å²) in [6.45, 7) is 6.46. The van der Waals surface area contributed by atoms with Gasteiger partial charge in [-0.2, -0.15) is 0 Å². The second-order valence-corrected chi connectivity index (χ2v) is 4.78. The lowest BCUT2D eigenvalue weighted by Crippen LogP contribution is -2.31. The van der Waals surface area contributed by atoms with Crippen LogP contribution < -0.4 is 4.90 Å². The smallest absolute Gasteiger partial charge is 0.354 e. The van der Waals surface area contributed by atoms with Gasteiger partial charge in [-0.05, 0) is 31.4 Å². The van der Waals surface area contributed by atoms with E-state index in [2.05, 4.69) is 25.8 Å². The summed E-state index contributed by atoms with van der Waals surface area (Å²) >= 11 is 0. The zero-order chi connectivity index (χ0) is 13.0. The van der Waals surface area contributed by atoms with Gasteiger partial charge in [0.25, 0.3) is 0 Å². The molecule has 0 amide bonds. The molecule has 1 aromatic heterocycles. The van der Waals surface area contributed by atoms with Crippen LogP contribution in [0.2, 0.25) is 0 Å². The number of nitrogens with zero attached hydrogens (tertiary/aromatic N) is 2. The molecule has 1 aromatic rings. The Bertz CT molecular complexity index is 391. The van der Waals surface area contributed by atoms with Crippen molar-refractivity contribution in [2.45, 2.75) is 33.2 Å². The molecule has 0 aliphatic carbocycles. The van der Waals surface area contributed by atoms with Gasteiger partial charge in [-0.15, -0.1) is 0 Å². The molecule has 94 valence electrons. The lowest BCUT2D eigenvalue weighted by atomic mass is 10.0. The van der Waals surface area contributed by atoms with Crippen LogP contribution in [0.3, 0.4) is 0 Å². The molecule has 0 saturated carbocycles. The Morgan fingerprint density at radius 1 is 1.41 bits per heavy atom. The molecule has 0 fully saturated rings. The minimum atomic E-state index is -0.989. The number of pyridine rings is 1. The molecule has 0 aliphatic rings. The van der Waals surface area contributed by atoms with E-state index in [0.29, 0.717) is 17.8 Å². The molecular weight excluding hydrogens is 216 g/mol. The van der Waals surface area contributed by atoms with Gasteiger partial charge >= 0.3 is 5.97 Å². The second kappa shape index (κ2) is 5.66. The summed E-state index contributed by atoms with van der Waals surface area (Å²) in [4.78, 5) is 17.0. The number of anilines is 1. The minimum Gasteiger partial charge on any atom is -0.477 e. The average Bonchev–Trinajstić information content (AvgIpc) is 2.27. The van der Waals surface area contributed by atoms with Gasteiger partial charge in [0.1, 0.15) is 5.82 Å². The zero-order valence-electron chi connectivity index (χ0n) is 10.8. The van der Waals surface area contributed by atoms with E-state index in [1.165, 1.54) is 6.07 Å². The molecule has 1 N–H and O–H groups in total. The topological polar surface area (TPSA) is 53.4 Å². The summed E-state index contributed by atoms with van der Waals surface area (Å²) in [6, 6.07) is 5.41. The quantitative estimate of drug-likeness (QED) is 0.854. The van der Waals surface area contributed by atoms with Crippen LogP contribution in [0.4, 0.5) is 5.82 Å². The van der Waals surface area contributed by atoms with Crippen molar-refractivity contribution >= 4 is 11.8 Å². The monoisotopic (exact) mass is 236 g/mol. The summed E-state index contributed by atoms with van der Waals surface area (Å²) in [5.41, 5.74) is 0.0890. The maximum absolute atomic E-state index is 10.8. The van der Waals surface area contributed by atoms with Gasteiger partial charge in [0.2, 0.25) is 0 Å². The summed E-state index contributed by atoms with van der Waals surface area (Å²) in [6.07, 6.45) is 1.05. The lowest BCUT2D eigenvalue weighted by Gasteiger charge is -2.27. The van der Waals surface area contributed by atoms with E-state index in [-0.39, 0.29) is 5.69 Å². The van der Waals surface area contributed by atoms with Crippen molar-refractivity contribution in [3.05, 3.63) is 23.9 Å². The molecule has 0 spiro atoms. The SMILES string of the molecule is CC(C)CC(C)N(C)c1cccc(C(=O)O)n1. The van der Waals surface area contributed by atoms with Gasteiger partial charge in [0, 0.05) is 13.1 Å². The van der Waals surface area contributed by atoms with E-state index in [1.54, 1.807) is 6.07 Å². The summed E-state index contributed by atoms with van der Waals surface area (Å²) < 4.78 is 0. The van der Waals surface area contributed by atoms with Crippen molar-refractivity contribution in [2.75, 3.05) is 11.9 Å². The van der Waals surface area contributed by atoms with Crippen LogP contribution in [0.25, 0.3) is 0 Å². The predicted octanol–water partition coefficient (Wildman–Crippen LogP) is 2.65. The first-order valence-corrected chi connectivity index (χ1v) is 5.85. The number of aromatic nitrogens is 1. The first-order valence-electron chi connectivity index (χ1n) is 5.85. The van der Waals surface area contributed by atoms with E-state index < -0.39 is 5.97 Å². The molecule has 1 rings (SSSR count). The number of hydrogen-bond donors (Lipinski definition) is 1. The molecule has 0 bridgehead atoms. The Hall–Kier alpha value is -1.58. The van der Waals surface area contributed by atoms with E-state index in [1.807, 2.05) is 18.0 Å². The molecule has 4 heteroatoms. The largest absolute Gasteiger partial charge is 0.477 e. The maximum atomic E-state index is 10.8. The van der Waals surface area contributed by atoms with Gasteiger partial charge in [-0.25, -0.2) is 9.78 Å². The fourth-order valence-corrected chi connectivity index (χ4v) is 1.80. The van der Waals surface area contributed by atoms with E-state index in [9.17, 15) is 4.79 Å². The van der Waals surface area contributed by atoms with Crippen LogP contribution >= 0.6 is 0 Å². The highest BCUT2D eigenvalue weighted by molar-refractivity contribution is 5.85. The predicted molar refractivity (Wildman–Crippen MR) is 68.5 cm³/mol. The molecule has 0 aromatic carbocycles. The number of carbonyl (C=O) groups is 1. The molecule has 4 nitrogen and oxygen atoms in total. The van der Waals surface area contributed by atoms with Crippen molar-refractivity contribution in [1.82, 2.24) is 4.98 Å². The molecule has 0 aliphatic heterocycles. The fraction of sp³-hybridized carbons (Fsp3) is 0.538. The van der Waals surface area contributed by atoms with Gasteiger partial charge in [-0.1, -0.05) is 19.9 Å². The molecule has 0 saturated heterocycles. The number of aromatic carboxylic acids is 1. The van der Waals surface area contributed by atoms with E-state index in [4.69, 9.17) is 5.11 Å². The van der Waals surface area contributed by atoms with Crippen molar-refractivity contribution in [3.8, 4) is 0 Å². The average molecular weight is 236 g/mol. The summed E-state index contributed by atoms with van der Waals surface area (Å²) in [5, 5.41) is 8.89. The van der Waals surface area contributed by atoms with Crippen LogP contribution in [-0.2, 0) is 0 Å². The van der Waals surface area contributed by atoms with Gasteiger partial charge < -0.3 is 10.0 Å². The van der Waals surface area contributed by atoms with Crippen molar-refractivity contribution in [1.29, 1.82) is 0 Å². The third kappa shape index (κ3) is 3.73. The zero-order valence-corrected chi connectivity index (χ0v) is 10.8. The molecule has 1 atom stereocenters. The third-order valence-electron chi connectivity index (χ3n) is 2.79. The Balaban J connectivity index is 2.84.